The highest BCUT2D eigenvalue weighted by Gasteiger charge is 2.20. The van der Waals surface area contributed by atoms with Crippen LogP contribution in [0.3, 0.4) is 0 Å². The third-order valence-electron chi connectivity index (χ3n) is 2.99. The number of hydrogen-bond donors (Lipinski definition) is 1. The molecule has 0 bridgehead atoms. The molecule has 2 rings (SSSR count). The third kappa shape index (κ3) is 2.27. The number of halogens is 1. The summed E-state index contributed by atoms with van der Waals surface area (Å²) in [5.41, 5.74) is 1.34. The van der Waals surface area contributed by atoms with Crippen molar-refractivity contribution in [1.82, 2.24) is 0 Å². The Hall–Kier alpha value is -1.28. The number of allylic oxidation sites excluding steroid dienone is 2. The van der Waals surface area contributed by atoms with E-state index in [4.69, 9.17) is 16.7 Å². The first-order valence-corrected chi connectivity index (χ1v) is 5.73. The Bertz CT molecular complexity index is 437. The summed E-state index contributed by atoms with van der Waals surface area (Å²) >= 11 is 5.92. The van der Waals surface area contributed by atoms with E-state index in [1.165, 1.54) is 0 Å². The van der Waals surface area contributed by atoms with Crippen LogP contribution in [-0.4, -0.2) is 11.1 Å². The summed E-state index contributed by atoms with van der Waals surface area (Å²) in [5.74, 6) is -0.564. The van der Waals surface area contributed by atoms with Crippen LogP contribution in [0.1, 0.15) is 41.1 Å². The van der Waals surface area contributed by atoms with Crippen molar-refractivity contribution in [2.75, 3.05) is 0 Å². The van der Waals surface area contributed by atoms with Crippen molar-refractivity contribution < 1.29 is 9.90 Å². The van der Waals surface area contributed by atoms with E-state index in [0.717, 1.165) is 29.9 Å². The number of carbonyl (C=O) groups is 1. The average molecular weight is 237 g/mol. The molecule has 84 valence electrons. The van der Waals surface area contributed by atoms with Gasteiger partial charge in [-0.1, -0.05) is 35.9 Å². The topological polar surface area (TPSA) is 37.3 Å². The van der Waals surface area contributed by atoms with Gasteiger partial charge < -0.3 is 5.11 Å². The standard InChI is InChI=1S/C13H13ClO2/c14-10-7-5-9(6-8-10)11-3-1-2-4-12(11)13(15)16/h1-4,7,9H,5-6,8H2,(H,15,16). The van der Waals surface area contributed by atoms with Crippen LogP contribution in [0.5, 0.6) is 0 Å². The number of hydrogen-bond acceptors (Lipinski definition) is 1. The van der Waals surface area contributed by atoms with Gasteiger partial charge in [0.05, 0.1) is 5.56 Å². The minimum Gasteiger partial charge on any atom is -0.478 e. The molecule has 1 aliphatic rings. The van der Waals surface area contributed by atoms with Crippen molar-refractivity contribution in [3.63, 3.8) is 0 Å². The molecule has 0 fully saturated rings. The Kier molecular flexibility index (Phi) is 3.30. The summed E-state index contributed by atoms with van der Waals surface area (Å²) in [7, 11) is 0. The van der Waals surface area contributed by atoms with Crippen molar-refractivity contribution in [3.8, 4) is 0 Å². The quantitative estimate of drug-likeness (QED) is 0.849. The SMILES string of the molecule is O=C(O)c1ccccc1C1CC=C(Cl)CC1. The van der Waals surface area contributed by atoms with Crippen molar-refractivity contribution >= 4 is 17.6 Å². The number of aromatic carboxylic acids is 1. The van der Waals surface area contributed by atoms with E-state index in [-0.39, 0.29) is 5.92 Å². The Morgan fingerprint density at radius 1 is 1.38 bits per heavy atom. The molecule has 0 amide bonds. The normalized spacial score (nSPS) is 20.3. The van der Waals surface area contributed by atoms with Crippen molar-refractivity contribution in [2.24, 2.45) is 0 Å². The second-order valence-corrected chi connectivity index (χ2v) is 4.50. The molecular formula is C13H13ClO2. The van der Waals surface area contributed by atoms with Crippen molar-refractivity contribution in [1.29, 1.82) is 0 Å². The highest BCUT2D eigenvalue weighted by Crippen LogP contribution is 2.34. The number of benzene rings is 1. The molecule has 0 aliphatic heterocycles. The molecule has 1 N–H and O–H groups in total. The van der Waals surface area contributed by atoms with Gasteiger partial charge in [0.1, 0.15) is 0 Å². The second-order valence-electron chi connectivity index (χ2n) is 4.01. The first kappa shape index (κ1) is 11.2. The van der Waals surface area contributed by atoms with Crippen LogP contribution in [0, 0.1) is 0 Å². The molecule has 1 aromatic carbocycles. The lowest BCUT2D eigenvalue weighted by molar-refractivity contribution is 0.0695. The zero-order valence-corrected chi connectivity index (χ0v) is 9.57. The van der Waals surface area contributed by atoms with E-state index >= 15 is 0 Å². The molecule has 0 aromatic heterocycles. The van der Waals surface area contributed by atoms with Gasteiger partial charge in [-0.2, -0.15) is 0 Å². The summed E-state index contributed by atoms with van der Waals surface area (Å²) in [5, 5.41) is 10.00. The highest BCUT2D eigenvalue weighted by molar-refractivity contribution is 6.29. The molecule has 16 heavy (non-hydrogen) atoms. The fourth-order valence-electron chi connectivity index (χ4n) is 2.13. The van der Waals surface area contributed by atoms with Crippen LogP contribution >= 0.6 is 11.6 Å². The Balaban J connectivity index is 2.30. The lowest BCUT2D eigenvalue weighted by Crippen LogP contribution is -2.09. The van der Waals surface area contributed by atoms with Crippen molar-refractivity contribution in [2.45, 2.75) is 25.2 Å². The van der Waals surface area contributed by atoms with Gasteiger partial charge in [-0.25, -0.2) is 4.79 Å². The second kappa shape index (κ2) is 4.71. The number of carboxylic acid groups (broad SMARTS) is 1. The van der Waals surface area contributed by atoms with Crippen molar-refractivity contribution in [3.05, 3.63) is 46.5 Å². The molecule has 0 heterocycles. The van der Waals surface area contributed by atoms with Gasteiger partial charge in [0.2, 0.25) is 0 Å². The molecule has 1 unspecified atom stereocenters. The van der Waals surface area contributed by atoms with Gasteiger partial charge in [0.15, 0.2) is 0 Å². The maximum Gasteiger partial charge on any atom is 0.335 e. The lowest BCUT2D eigenvalue weighted by atomic mass is 9.85. The molecule has 3 heteroatoms. The zero-order chi connectivity index (χ0) is 11.5. The van der Waals surface area contributed by atoms with Gasteiger partial charge in [0, 0.05) is 5.03 Å². The van der Waals surface area contributed by atoms with E-state index in [9.17, 15) is 4.79 Å². The van der Waals surface area contributed by atoms with Crippen LogP contribution in [0.2, 0.25) is 0 Å². The van der Waals surface area contributed by atoms with Crippen LogP contribution in [0.25, 0.3) is 0 Å². The van der Waals surface area contributed by atoms with Gasteiger partial charge in [-0.3, -0.25) is 0 Å². The summed E-state index contributed by atoms with van der Waals surface area (Å²) in [6, 6.07) is 7.22. The predicted molar refractivity (Wildman–Crippen MR) is 63.9 cm³/mol. The fourth-order valence-corrected chi connectivity index (χ4v) is 2.33. The van der Waals surface area contributed by atoms with Gasteiger partial charge in [-0.15, -0.1) is 0 Å². The molecule has 0 saturated heterocycles. The molecule has 1 aromatic rings. The highest BCUT2D eigenvalue weighted by atomic mass is 35.5. The smallest absolute Gasteiger partial charge is 0.335 e. The first-order chi connectivity index (χ1) is 7.68. The summed E-state index contributed by atoms with van der Waals surface area (Å²) in [6.45, 7) is 0. The number of carboxylic acids is 1. The average Bonchev–Trinajstić information content (AvgIpc) is 2.30. The Labute approximate surface area is 99.5 Å². The van der Waals surface area contributed by atoms with Gasteiger partial charge in [-0.05, 0) is 36.8 Å². The van der Waals surface area contributed by atoms with Crippen LogP contribution in [0.4, 0.5) is 0 Å². The van der Waals surface area contributed by atoms with E-state index < -0.39 is 5.97 Å². The molecule has 1 atom stereocenters. The largest absolute Gasteiger partial charge is 0.478 e. The molecule has 1 aliphatic carbocycles. The minimum atomic E-state index is -0.851. The maximum atomic E-state index is 11.1. The van der Waals surface area contributed by atoms with E-state index in [1.807, 2.05) is 18.2 Å². The Morgan fingerprint density at radius 2 is 2.12 bits per heavy atom. The van der Waals surface area contributed by atoms with E-state index in [0.29, 0.717) is 5.56 Å². The first-order valence-electron chi connectivity index (χ1n) is 5.35. The zero-order valence-electron chi connectivity index (χ0n) is 8.82. The number of rotatable bonds is 2. The van der Waals surface area contributed by atoms with Gasteiger partial charge in [0.25, 0.3) is 0 Å². The monoisotopic (exact) mass is 236 g/mol. The van der Waals surface area contributed by atoms with Crippen LogP contribution < -0.4 is 0 Å². The summed E-state index contributed by atoms with van der Waals surface area (Å²) in [4.78, 5) is 11.1. The molecular weight excluding hydrogens is 224 g/mol. The molecule has 0 spiro atoms. The molecule has 0 saturated carbocycles. The molecule has 0 radical (unpaired) electrons. The summed E-state index contributed by atoms with van der Waals surface area (Å²) in [6.07, 6.45) is 4.61. The van der Waals surface area contributed by atoms with Crippen LogP contribution in [0.15, 0.2) is 35.4 Å². The lowest BCUT2D eigenvalue weighted by Gasteiger charge is -2.21. The minimum absolute atomic E-state index is 0.287. The predicted octanol–water partition coefficient (Wildman–Crippen LogP) is 3.78. The van der Waals surface area contributed by atoms with E-state index in [2.05, 4.69) is 0 Å². The van der Waals surface area contributed by atoms with Gasteiger partial charge >= 0.3 is 5.97 Å². The Morgan fingerprint density at radius 3 is 2.75 bits per heavy atom. The third-order valence-corrected chi connectivity index (χ3v) is 3.33. The van der Waals surface area contributed by atoms with E-state index in [1.54, 1.807) is 12.1 Å². The summed E-state index contributed by atoms with van der Waals surface area (Å²) < 4.78 is 0. The maximum absolute atomic E-state index is 11.1. The van der Waals surface area contributed by atoms with Crippen LogP contribution in [-0.2, 0) is 0 Å². The molecule has 2 nitrogen and oxygen atoms in total. The fraction of sp³-hybridized carbons (Fsp3) is 0.308.